The zero-order valence-electron chi connectivity index (χ0n) is 18.5. The number of nitrogens with zero attached hydrogens (tertiary/aromatic N) is 1. The summed E-state index contributed by atoms with van der Waals surface area (Å²) >= 11 is 0. The van der Waals surface area contributed by atoms with Crippen molar-refractivity contribution in [3.8, 4) is 11.1 Å². The number of fused-ring (bicyclic) bond motifs is 3. The van der Waals surface area contributed by atoms with E-state index in [4.69, 9.17) is 9.84 Å². The lowest BCUT2D eigenvalue weighted by molar-refractivity contribution is -0.123. The molecule has 0 unspecified atom stereocenters. The van der Waals surface area contributed by atoms with E-state index in [-0.39, 0.29) is 36.9 Å². The Morgan fingerprint density at radius 2 is 1.49 bits per heavy atom. The smallest absolute Gasteiger partial charge is 0.407 e. The van der Waals surface area contributed by atoms with E-state index < -0.39 is 23.9 Å². The fraction of sp³-hybridized carbons (Fsp3) is 0.160. The van der Waals surface area contributed by atoms with Gasteiger partial charge in [-0.1, -0.05) is 48.5 Å². The normalized spacial score (nSPS) is 11.7. The third-order valence-electron chi connectivity index (χ3n) is 5.45. The second kappa shape index (κ2) is 10.5. The summed E-state index contributed by atoms with van der Waals surface area (Å²) in [4.78, 5) is 50.8. The van der Waals surface area contributed by atoms with Gasteiger partial charge in [0.1, 0.15) is 13.2 Å². The molecule has 10 heteroatoms. The Bertz CT molecular complexity index is 1250. The van der Waals surface area contributed by atoms with E-state index >= 15 is 0 Å². The fourth-order valence-electron chi connectivity index (χ4n) is 3.87. The number of hydrogen-bond donors (Lipinski definition) is 4. The maximum Gasteiger partial charge on any atom is 0.407 e. The summed E-state index contributed by atoms with van der Waals surface area (Å²) < 4.78 is 5.36. The van der Waals surface area contributed by atoms with Gasteiger partial charge in [0.2, 0.25) is 11.8 Å². The van der Waals surface area contributed by atoms with Gasteiger partial charge in [0.25, 0.3) is 0 Å². The average Bonchev–Trinajstić information content (AvgIpc) is 3.19. The predicted octanol–water partition coefficient (Wildman–Crippen LogP) is 2.37. The molecule has 1 aromatic heterocycles. The van der Waals surface area contributed by atoms with Gasteiger partial charge in [-0.2, -0.15) is 0 Å². The summed E-state index contributed by atoms with van der Waals surface area (Å²) in [5.74, 6) is -2.45. The number of carbonyl (C=O) groups is 4. The third kappa shape index (κ3) is 5.61. The van der Waals surface area contributed by atoms with Gasteiger partial charge in [0.05, 0.1) is 24.0 Å². The summed E-state index contributed by atoms with van der Waals surface area (Å²) in [5.41, 5.74) is 4.48. The number of amides is 3. The first-order chi connectivity index (χ1) is 16.9. The van der Waals surface area contributed by atoms with Crippen molar-refractivity contribution in [3.05, 3.63) is 83.7 Å². The SMILES string of the molecule is O=C(CNC(=O)OCC1c2ccccc2-c2ccccc21)NCC(=O)Nc1cncc(C(=O)O)c1. The molecule has 2 aromatic carbocycles. The average molecular weight is 474 g/mol. The van der Waals surface area contributed by atoms with Crippen molar-refractivity contribution in [1.82, 2.24) is 15.6 Å². The van der Waals surface area contributed by atoms with E-state index in [1.165, 1.54) is 12.3 Å². The molecule has 10 nitrogen and oxygen atoms in total. The van der Waals surface area contributed by atoms with E-state index in [1.807, 2.05) is 48.5 Å². The Hall–Kier alpha value is -4.73. The van der Waals surface area contributed by atoms with Gasteiger partial charge < -0.3 is 25.8 Å². The van der Waals surface area contributed by atoms with Crippen LogP contribution in [0.2, 0.25) is 0 Å². The van der Waals surface area contributed by atoms with Crippen molar-refractivity contribution in [2.45, 2.75) is 5.92 Å². The van der Waals surface area contributed by atoms with Crippen LogP contribution in [0, 0.1) is 0 Å². The zero-order chi connectivity index (χ0) is 24.8. The van der Waals surface area contributed by atoms with Crippen LogP contribution in [0.3, 0.4) is 0 Å². The van der Waals surface area contributed by atoms with Crippen LogP contribution >= 0.6 is 0 Å². The summed E-state index contributed by atoms with van der Waals surface area (Å²) in [7, 11) is 0. The van der Waals surface area contributed by atoms with Crippen LogP contribution in [0.1, 0.15) is 27.4 Å². The lowest BCUT2D eigenvalue weighted by Gasteiger charge is -2.14. The molecule has 3 amide bonds. The molecule has 4 rings (SSSR count). The van der Waals surface area contributed by atoms with Crippen molar-refractivity contribution in [2.75, 3.05) is 25.0 Å². The lowest BCUT2D eigenvalue weighted by Crippen LogP contribution is -2.40. The van der Waals surface area contributed by atoms with E-state index in [1.54, 1.807) is 0 Å². The van der Waals surface area contributed by atoms with Gasteiger partial charge in [0, 0.05) is 12.1 Å². The van der Waals surface area contributed by atoms with Crippen molar-refractivity contribution < 1.29 is 29.0 Å². The fourth-order valence-corrected chi connectivity index (χ4v) is 3.87. The number of carboxylic acid groups (broad SMARTS) is 1. The number of benzene rings is 2. The van der Waals surface area contributed by atoms with Crippen molar-refractivity contribution >= 4 is 29.6 Å². The van der Waals surface area contributed by atoms with Gasteiger partial charge in [-0.3, -0.25) is 14.6 Å². The first-order valence-electron chi connectivity index (χ1n) is 10.8. The number of aromatic nitrogens is 1. The first-order valence-corrected chi connectivity index (χ1v) is 10.8. The molecular weight excluding hydrogens is 452 g/mol. The molecule has 1 aliphatic carbocycles. The van der Waals surface area contributed by atoms with Gasteiger partial charge >= 0.3 is 12.1 Å². The number of carboxylic acids is 1. The number of carbonyl (C=O) groups excluding carboxylic acids is 3. The molecular formula is C25H22N4O6. The van der Waals surface area contributed by atoms with Crippen LogP contribution in [0.25, 0.3) is 11.1 Å². The van der Waals surface area contributed by atoms with Gasteiger partial charge in [0.15, 0.2) is 0 Å². The van der Waals surface area contributed by atoms with E-state index in [9.17, 15) is 19.2 Å². The Kier molecular flexibility index (Phi) is 7.01. The molecule has 0 saturated carbocycles. The maximum atomic E-state index is 12.1. The third-order valence-corrected chi connectivity index (χ3v) is 5.45. The molecule has 0 saturated heterocycles. The second-order valence-electron chi connectivity index (χ2n) is 7.77. The standard InChI is InChI=1S/C25H22N4O6/c30-22(27-13-23(31)29-16-9-15(24(32)33)10-26-11-16)12-28-25(34)35-14-21-19-7-3-1-5-17(19)18-6-2-4-8-20(18)21/h1-11,21H,12-14H2,(H,27,30)(H,28,34)(H,29,31)(H,32,33). The number of ether oxygens (including phenoxy) is 1. The molecule has 0 spiro atoms. The van der Waals surface area contributed by atoms with Crippen LogP contribution in [0.4, 0.5) is 10.5 Å². The summed E-state index contributed by atoms with van der Waals surface area (Å²) in [6, 6.07) is 17.1. The molecule has 35 heavy (non-hydrogen) atoms. The van der Waals surface area contributed by atoms with Crippen LogP contribution < -0.4 is 16.0 Å². The molecule has 178 valence electrons. The first kappa shape index (κ1) is 23.4. The van der Waals surface area contributed by atoms with E-state index in [2.05, 4.69) is 20.9 Å². The summed E-state index contributed by atoms with van der Waals surface area (Å²) in [6.45, 7) is -0.629. The van der Waals surface area contributed by atoms with E-state index in [0.29, 0.717) is 0 Å². The minimum Gasteiger partial charge on any atom is -0.478 e. The van der Waals surface area contributed by atoms with Crippen LogP contribution in [-0.2, 0) is 14.3 Å². The minimum absolute atomic E-state index is 0.0841. The molecule has 3 aromatic rings. The van der Waals surface area contributed by atoms with Gasteiger partial charge in [-0.05, 0) is 28.3 Å². The largest absolute Gasteiger partial charge is 0.478 e. The summed E-state index contributed by atoms with van der Waals surface area (Å²) in [5, 5.41) is 16.1. The van der Waals surface area contributed by atoms with E-state index in [0.717, 1.165) is 28.5 Å². The van der Waals surface area contributed by atoms with Crippen molar-refractivity contribution in [1.29, 1.82) is 0 Å². The molecule has 1 aliphatic rings. The molecule has 0 radical (unpaired) electrons. The molecule has 4 N–H and O–H groups in total. The van der Waals surface area contributed by atoms with Crippen molar-refractivity contribution in [2.24, 2.45) is 0 Å². The predicted molar refractivity (Wildman–Crippen MR) is 126 cm³/mol. The Morgan fingerprint density at radius 3 is 2.14 bits per heavy atom. The van der Waals surface area contributed by atoms with Gasteiger partial charge in [-0.25, -0.2) is 9.59 Å². The molecule has 0 aliphatic heterocycles. The number of aromatic carboxylic acids is 1. The quantitative estimate of drug-likeness (QED) is 0.392. The second-order valence-corrected chi connectivity index (χ2v) is 7.77. The minimum atomic E-state index is -1.18. The number of rotatable bonds is 8. The number of pyridine rings is 1. The lowest BCUT2D eigenvalue weighted by atomic mass is 9.98. The van der Waals surface area contributed by atoms with Crippen LogP contribution in [0.5, 0.6) is 0 Å². The molecule has 1 heterocycles. The highest BCUT2D eigenvalue weighted by molar-refractivity contribution is 5.96. The Morgan fingerprint density at radius 1 is 0.857 bits per heavy atom. The molecule has 0 bridgehead atoms. The monoisotopic (exact) mass is 474 g/mol. The Labute approximate surface area is 200 Å². The van der Waals surface area contributed by atoms with Crippen LogP contribution in [0.15, 0.2) is 67.0 Å². The Balaban J connectivity index is 1.21. The number of nitrogens with one attached hydrogen (secondary N) is 3. The highest BCUT2D eigenvalue weighted by atomic mass is 16.5. The maximum absolute atomic E-state index is 12.1. The topological polar surface area (TPSA) is 147 Å². The van der Waals surface area contributed by atoms with Crippen molar-refractivity contribution in [3.63, 3.8) is 0 Å². The summed E-state index contributed by atoms with van der Waals surface area (Å²) in [6.07, 6.45) is 1.68. The van der Waals surface area contributed by atoms with Crippen LogP contribution in [-0.4, -0.2) is 53.7 Å². The van der Waals surface area contributed by atoms with Gasteiger partial charge in [-0.15, -0.1) is 0 Å². The number of anilines is 1. The highest BCUT2D eigenvalue weighted by Gasteiger charge is 2.29. The highest BCUT2D eigenvalue weighted by Crippen LogP contribution is 2.44. The number of hydrogen-bond acceptors (Lipinski definition) is 6. The zero-order valence-corrected chi connectivity index (χ0v) is 18.5. The number of alkyl carbamates (subject to hydrolysis) is 1. The molecule has 0 atom stereocenters. The molecule has 0 fully saturated rings.